The van der Waals surface area contributed by atoms with Crippen LogP contribution in [0, 0.1) is 20.8 Å². The Morgan fingerprint density at radius 2 is 1.94 bits per heavy atom. The van der Waals surface area contributed by atoms with Crippen molar-refractivity contribution in [2.75, 3.05) is 5.73 Å². The Balaban J connectivity index is 2.53. The smallest absolute Gasteiger partial charge is 0.0674 e. The number of benzene rings is 1. The van der Waals surface area contributed by atoms with Crippen molar-refractivity contribution in [1.29, 1.82) is 0 Å². The molecule has 0 saturated carbocycles. The molecule has 0 unspecified atom stereocenters. The summed E-state index contributed by atoms with van der Waals surface area (Å²) < 4.78 is 2.09. The lowest BCUT2D eigenvalue weighted by atomic mass is 10.0. The van der Waals surface area contributed by atoms with Crippen molar-refractivity contribution in [1.82, 2.24) is 9.78 Å². The Bertz CT molecular complexity index is 567. The molecule has 0 spiro atoms. The second kappa shape index (κ2) is 4.84. The zero-order valence-electron chi connectivity index (χ0n) is 11.6. The maximum Gasteiger partial charge on any atom is 0.0674 e. The van der Waals surface area contributed by atoms with Crippen LogP contribution in [0.2, 0.25) is 0 Å². The second-order valence-electron chi connectivity index (χ2n) is 4.84. The van der Waals surface area contributed by atoms with Gasteiger partial charge in [0.2, 0.25) is 0 Å². The molecule has 3 nitrogen and oxygen atoms in total. The van der Waals surface area contributed by atoms with E-state index in [-0.39, 0.29) is 0 Å². The first-order valence-electron chi connectivity index (χ1n) is 6.45. The average Bonchev–Trinajstić information content (AvgIpc) is 2.59. The van der Waals surface area contributed by atoms with Gasteiger partial charge < -0.3 is 5.73 Å². The van der Waals surface area contributed by atoms with Crippen molar-refractivity contribution in [3.05, 3.63) is 35.2 Å². The van der Waals surface area contributed by atoms with Gasteiger partial charge in [-0.25, -0.2) is 0 Å². The van der Waals surface area contributed by atoms with Gasteiger partial charge in [-0.2, -0.15) is 5.10 Å². The van der Waals surface area contributed by atoms with E-state index in [0.29, 0.717) is 0 Å². The molecule has 2 N–H and O–H groups in total. The summed E-state index contributed by atoms with van der Waals surface area (Å²) >= 11 is 0. The first kappa shape index (κ1) is 12.7. The number of hydrogen-bond acceptors (Lipinski definition) is 2. The molecule has 18 heavy (non-hydrogen) atoms. The number of rotatable bonds is 3. The molecule has 0 aliphatic rings. The van der Waals surface area contributed by atoms with E-state index in [1.54, 1.807) is 0 Å². The molecule has 1 heterocycles. The van der Waals surface area contributed by atoms with Gasteiger partial charge in [-0.1, -0.05) is 13.0 Å². The summed E-state index contributed by atoms with van der Waals surface area (Å²) in [6.07, 6.45) is 1.10. The normalized spacial score (nSPS) is 10.9. The molecule has 0 bridgehead atoms. The molecule has 2 rings (SSSR count). The summed E-state index contributed by atoms with van der Waals surface area (Å²) in [6, 6.07) is 6.19. The van der Waals surface area contributed by atoms with Crippen LogP contribution in [0.25, 0.3) is 11.1 Å². The minimum absolute atomic E-state index is 0.843. The third-order valence-electron chi connectivity index (χ3n) is 3.38. The van der Waals surface area contributed by atoms with Gasteiger partial charge in [0.05, 0.1) is 5.69 Å². The van der Waals surface area contributed by atoms with E-state index in [1.807, 2.05) is 13.0 Å². The predicted octanol–water partition coefficient (Wildman–Crippen LogP) is 3.47. The van der Waals surface area contributed by atoms with E-state index in [2.05, 4.69) is 42.7 Å². The average molecular weight is 243 g/mol. The summed E-state index contributed by atoms with van der Waals surface area (Å²) in [7, 11) is 0. The van der Waals surface area contributed by atoms with Crippen molar-refractivity contribution < 1.29 is 0 Å². The highest BCUT2D eigenvalue weighted by Crippen LogP contribution is 2.29. The predicted molar refractivity (Wildman–Crippen MR) is 76.6 cm³/mol. The quantitative estimate of drug-likeness (QED) is 0.839. The van der Waals surface area contributed by atoms with E-state index < -0.39 is 0 Å². The van der Waals surface area contributed by atoms with Gasteiger partial charge in [-0.3, -0.25) is 4.68 Å². The Kier molecular flexibility index (Phi) is 3.41. The van der Waals surface area contributed by atoms with Crippen LogP contribution in [-0.4, -0.2) is 9.78 Å². The number of nitrogens with zero attached hydrogens (tertiary/aromatic N) is 2. The minimum Gasteiger partial charge on any atom is -0.399 e. The van der Waals surface area contributed by atoms with Crippen molar-refractivity contribution in [3.8, 4) is 11.1 Å². The fourth-order valence-electron chi connectivity index (χ4n) is 2.38. The molecule has 96 valence electrons. The molecule has 0 aliphatic heterocycles. The Labute approximate surface area is 109 Å². The van der Waals surface area contributed by atoms with E-state index in [0.717, 1.165) is 29.9 Å². The Morgan fingerprint density at radius 1 is 1.22 bits per heavy atom. The minimum atomic E-state index is 0.843. The number of aryl methyl sites for hydroxylation is 3. The molecule has 0 radical (unpaired) electrons. The largest absolute Gasteiger partial charge is 0.399 e. The van der Waals surface area contributed by atoms with E-state index >= 15 is 0 Å². The zero-order chi connectivity index (χ0) is 13.3. The van der Waals surface area contributed by atoms with Crippen LogP contribution >= 0.6 is 0 Å². The first-order chi connectivity index (χ1) is 8.54. The molecule has 1 aromatic carbocycles. The molecule has 0 amide bonds. The molecular weight excluding hydrogens is 222 g/mol. The number of nitrogen functional groups attached to an aromatic ring is 1. The van der Waals surface area contributed by atoms with E-state index in [9.17, 15) is 0 Å². The van der Waals surface area contributed by atoms with Gasteiger partial charge in [0, 0.05) is 23.5 Å². The molecular formula is C15H21N3. The molecule has 0 fully saturated rings. The fraction of sp³-hybridized carbons (Fsp3) is 0.400. The molecule has 3 heteroatoms. The molecule has 0 saturated heterocycles. The SMILES string of the molecule is CCCn1nc(C)c(-c2ccc(N)c(C)c2)c1C. The first-order valence-corrected chi connectivity index (χ1v) is 6.45. The van der Waals surface area contributed by atoms with Gasteiger partial charge in [-0.15, -0.1) is 0 Å². The molecule has 1 aromatic heterocycles. The van der Waals surface area contributed by atoms with Crippen LogP contribution in [0.4, 0.5) is 5.69 Å². The third-order valence-corrected chi connectivity index (χ3v) is 3.38. The van der Waals surface area contributed by atoms with Gasteiger partial charge >= 0.3 is 0 Å². The fourth-order valence-corrected chi connectivity index (χ4v) is 2.38. The number of nitrogens with two attached hydrogens (primary N) is 1. The van der Waals surface area contributed by atoms with Crippen molar-refractivity contribution in [2.24, 2.45) is 0 Å². The highest BCUT2D eigenvalue weighted by molar-refractivity contribution is 5.71. The van der Waals surface area contributed by atoms with Crippen molar-refractivity contribution in [2.45, 2.75) is 40.7 Å². The number of hydrogen-bond donors (Lipinski definition) is 1. The number of aromatic nitrogens is 2. The lowest BCUT2D eigenvalue weighted by Crippen LogP contribution is -2.01. The van der Waals surface area contributed by atoms with Crippen LogP contribution in [0.15, 0.2) is 18.2 Å². The van der Waals surface area contributed by atoms with Crippen LogP contribution in [0.1, 0.15) is 30.3 Å². The topological polar surface area (TPSA) is 43.8 Å². The van der Waals surface area contributed by atoms with Crippen LogP contribution in [0.3, 0.4) is 0 Å². The third kappa shape index (κ3) is 2.13. The van der Waals surface area contributed by atoms with Crippen molar-refractivity contribution in [3.63, 3.8) is 0 Å². The maximum atomic E-state index is 5.87. The molecule has 0 atom stereocenters. The highest BCUT2D eigenvalue weighted by Gasteiger charge is 2.13. The van der Waals surface area contributed by atoms with E-state index in [4.69, 9.17) is 5.73 Å². The van der Waals surface area contributed by atoms with Gasteiger partial charge in [-0.05, 0) is 50.5 Å². The standard InChI is InChI=1S/C15H21N3/c1-5-8-18-12(4)15(11(3)17-18)13-6-7-14(16)10(2)9-13/h6-7,9H,5,8,16H2,1-4H3. The summed E-state index contributed by atoms with van der Waals surface area (Å²) in [5, 5.41) is 4.61. The zero-order valence-corrected chi connectivity index (χ0v) is 11.6. The molecule has 2 aromatic rings. The van der Waals surface area contributed by atoms with Gasteiger partial charge in [0.15, 0.2) is 0 Å². The summed E-state index contributed by atoms with van der Waals surface area (Å²) in [4.78, 5) is 0. The van der Waals surface area contributed by atoms with Gasteiger partial charge in [0.1, 0.15) is 0 Å². The van der Waals surface area contributed by atoms with Crippen LogP contribution < -0.4 is 5.73 Å². The summed E-state index contributed by atoms with van der Waals surface area (Å²) in [5.74, 6) is 0. The summed E-state index contributed by atoms with van der Waals surface area (Å²) in [5.41, 5.74) is 12.6. The lowest BCUT2D eigenvalue weighted by Gasteiger charge is -2.07. The van der Waals surface area contributed by atoms with Gasteiger partial charge in [0.25, 0.3) is 0 Å². The second-order valence-corrected chi connectivity index (χ2v) is 4.84. The number of anilines is 1. The van der Waals surface area contributed by atoms with Crippen LogP contribution in [0.5, 0.6) is 0 Å². The maximum absolute atomic E-state index is 5.87. The lowest BCUT2D eigenvalue weighted by molar-refractivity contribution is 0.583. The monoisotopic (exact) mass is 243 g/mol. The Morgan fingerprint density at radius 3 is 2.56 bits per heavy atom. The Hall–Kier alpha value is -1.77. The van der Waals surface area contributed by atoms with E-state index in [1.165, 1.54) is 16.8 Å². The van der Waals surface area contributed by atoms with Crippen molar-refractivity contribution >= 4 is 5.69 Å². The summed E-state index contributed by atoms with van der Waals surface area (Å²) in [6.45, 7) is 9.39. The molecule has 0 aliphatic carbocycles. The highest BCUT2D eigenvalue weighted by atomic mass is 15.3. The van der Waals surface area contributed by atoms with Crippen LogP contribution in [-0.2, 0) is 6.54 Å².